The molecule has 0 spiro atoms. The first kappa shape index (κ1) is 11.6. The van der Waals surface area contributed by atoms with Crippen LogP contribution < -0.4 is 10.5 Å². The number of benzene rings is 2. The van der Waals surface area contributed by atoms with Crippen molar-refractivity contribution in [3.05, 3.63) is 42.0 Å². The van der Waals surface area contributed by atoms with Crippen LogP contribution in [0.15, 0.2) is 40.8 Å². The first-order valence-corrected chi connectivity index (χ1v) is 5.99. The fourth-order valence-corrected chi connectivity index (χ4v) is 2.05. The molecule has 1 heterocycles. The first-order chi connectivity index (χ1) is 9.19. The maximum Gasteiger partial charge on any atom is 0.229 e. The van der Waals surface area contributed by atoms with Crippen LogP contribution in [0.3, 0.4) is 0 Å². The highest BCUT2D eigenvalue weighted by molar-refractivity contribution is 5.82. The van der Waals surface area contributed by atoms with Crippen molar-refractivity contribution in [2.24, 2.45) is 0 Å². The second-order valence-corrected chi connectivity index (χ2v) is 4.39. The Labute approximate surface area is 110 Å². The van der Waals surface area contributed by atoms with Gasteiger partial charge >= 0.3 is 0 Å². The highest BCUT2D eigenvalue weighted by atomic mass is 16.5. The van der Waals surface area contributed by atoms with Crippen LogP contribution >= 0.6 is 0 Å². The summed E-state index contributed by atoms with van der Waals surface area (Å²) in [5.74, 6) is 1.24. The normalized spacial score (nSPS) is 10.8. The fourth-order valence-electron chi connectivity index (χ4n) is 2.05. The number of nitrogen functional groups attached to an aromatic ring is 1. The lowest BCUT2D eigenvalue weighted by atomic mass is 10.1. The molecule has 2 N–H and O–H groups in total. The molecule has 4 nitrogen and oxygen atoms in total. The van der Waals surface area contributed by atoms with Crippen molar-refractivity contribution < 1.29 is 9.15 Å². The number of hydrogen-bond donors (Lipinski definition) is 1. The lowest BCUT2D eigenvalue weighted by Gasteiger charge is -2.04. The predicted molar refractivity (Wildman–Crippen MR) is 75.1 cm³/mol. The van der Waals surface area contributed by atoms with Crippen LogP contribution in [-0.4, -0.2) is 12.1 Å². The predicted octanol–water partition coefficient (Wildman–Crippen LogP) is 3.39. The topological polar surface area (TPSA) is 61.3 Å². The summed E-state index contributed by atoms with van der Waals surface area (Å²) < 4.78 is 11.0. The second kappa shape index (κ2) is 4.31. The Kier molecular flexibility index (Phi) is 2.63. The Hall–Kier alpha value is -2.49. The van der Waals surface area contributed by atoms with E-state index < -0.39 is 0 Å². The lowest BCUT2D eigenvalue weighted by molar-refractivity contribution is 0.415. The van der Waals surface area contributed by atoms with Gasteiger partial charge in [0, 0.05) is 5.69 Å². The highest BCUT2D eigenvalue weighted by Crippen LogP contribution is 2.32. The number of para-hydroxylation sites is 1. The van der Waals surface area contributed by atoms with Crippen molar-refractivity contribution >= 4 is 16.8 Å². The number of oxazole rings is 1. The van der Waals surface area contributed by atoms with Crippen LogP contribution in [0.2, 0.25) is 0 Å². The zero-order valence-electron chi connectivity index (χ0n) is 10.8. The summed E-state index contributed by atoms with van der Waals surface area (Å²) in [7, 11) is 1.62. The molecule has 0 fully saturated rings. The summed E-state index contributed by atoms with van der Waals surface area (Å²) in [4.78, 5) is 4.52. The maximum atomic E-state index is 5.98. The Bertz CT molecular complexity index is 747. The molecule has 0 saturated heterocycles. The second-order valence-electron chi connectivity index (χ2n) is 4.39. The molecule has 0 aliphatic rings. The third-order valence-corrected chi connectivity index (χ3v) is 3.11. The van der Waals surface area contributed by atoms with Crippen LogP contribution in [0, 0.1) is 6.92 Å². The molecule has 0 aliphatic heterocycles. The van der Waals surface area contributed by atoms with Crippen LogP contribution in [0.5, 0.6) is 5.75 Å². The number of anilines is 1. The van der Waals surface area contributed by atoms with Gasteiger partial charge in [0.1, 0.15) is 11.3 Å². The molecular formula is C15H14N2O2. The average molecular weight is 254 g/mol. The molecule has 0 bridgehead atoms. The number of nitrogens with two attached hydrogens (primary N) is 1. The van der Waals surface area contributed by atoms with Crippen molar-refractivity contribution in [2.75, 3.05) is 12.8 Å². The number of ether oxygens (including phenoxy) is 1. The molecule has 0 atom stereocenters. The van der Waals surface area contributed by atoms with E-state index in [-0.39, 0.29) is 0 Å². The van der Waals surface area contributed by atoms with Gasteiger partial charge in [0.05, 0.1) is 12.7 Å². The third kappa shape index (κ3) is 1.91. The minimum atomic E-state index is 0.515. The van der Waals surface area contributed by atoms with Gasteiger partial charge in [-0.3, -0.25) is 0 Å². The number of nitrogens with zero attached hydrogens (tertiary/aromatic N) is 1. The summed E-state index contributed by atoms with van der Waals surface area (Å²) in [6, 6.07) is 11.3. The van der Waals surface area contributed by atoms with Gasteiger partial charge in [0.15, 0.2) is 5.58 Å². The molecular weight excluding hydrogens is 240 g/mol. The zero-order chi connectivity index (χ0) is 13.4. The maximum absolute atomic E-state index is 5.98. The van der Waals surface area contributed by atoms with E-state index in [1.54, 1.807) is 13.2 Å². The summed E-state index contributed by atoms with van der Waals surface area (Å²) in [5, 5.41) is 0. The number of rotatable bonds is 2. The van der Waals surface area contributed by atoms with Gasteiger partial charge in [0.25, 0.3) is 0 Å². The lowest BCUT2D eigenvalue weighted by Crippen LogP contribution is -1.91. The van der Waals surface area contributed by atoms with E-state index in [9.17, 15) is 0 Å². The molecule has 4 heteroatoms. The van der Waals surface area contributed by atoms with E-state index in [2.05, 4.69) is 4.98 Å². The average Bonchev–Trinajstić information content (AvgIpc) is 2.84. The van der Waals surface area contributed by atoms with Crippen molar-refractivity contribution in [2.45, 2.75) is 6.92 Å². The summed E-state index contributed by atoms with van der Waals surface area (Å²) >= 11 is 0. The van der Waals surface area contributed by atoms with Crippen molar-refractivity contribution in [3.8, 4) is 17.2 Å². The van der Waals surface area contributed by atoms with E-state index in [0.717, 1.165) is 28.0 Å². The smallest absolute Gasteiger partial charge is 0.229 e. The molecule has 3 aromatic rings. The minimum Gasteiger partial charge on any atom is -0.497 e. The number of methoxy groups -OCH3 is 1. The molecule has 0 saturated carbocycles. The van der Waals surface area contributed by atoms with Gasteiger partial charge in [-0.1, -0.05) is 12.1 Å². The van der Waals surface area contributed by atoms with Gasteiger partial charge in [0.2, 0.25) is 5.89 Å². The summed E-state index contributed by atoms with van der Waals surface area (Å²) in [6.45, 7) is 2.00. The molecule has 1 aromatic heterocycles. The van der Waals surface area contributed by atoms with E-state index in [0.29, 0.717) is 11.6 Å². The third-order valence-electron chi connectivity index (χ3n) is 3.11. The molecule has 19 heavy (non-hydrogen) atoms. The van der Waals surface area contributed by atoms with Crippen LogP contribution in [0.25, 0.3) is 22.6 Å². The van der Waals surface area contributed by atoms with Crippen LogP contribution in [-0.2, 0) is 0 Å². The quantitative estimate of drug-likeness (QED) is 0.712. The van der Waals surface area contributed by atoms with Gasteiger partial charge in [-0.2, -0.15) is 0 Å². The number of fused-ring (bicyclic) bond motifs is 1. The molecule has 0 amide bonds. The zero-order valence-corrected chi connectivity index (χ0v) is 10.8. The van der Waals surface area contributed by atoms with Crippen molar-refractivity contribution in [1.29, 1.82) is 0 Å². The van der Waals surface area contributed by atoms with Crippen molar-refractivity contribution in [1.82, 2.24) is 4.98 Å². The van der Waals surface area contributed by atoms with E-state index in [1.165, 1.54) is 0 Å². The summed E-state index contributed by atoms with van der Waals surface area (Å²) in [5.41, 5.74) is 10.0. The highest BCUT2D eigenvalue weighted by Gasteiger charge is 2.13. The van der Waals surface area contributed by atoms with Crippen LogP contribution in [0.4, 0.5) is 5.69 Å². The number of aromatic nitrogens is 1. The SMILES string of the molecule is COc1ccc(N)c(-c2nc3c(C)cccc3o2)c1. The van der Waals surface area contributed by atoms with Gasteiger partial charge in [-0.05, 0) is 36.8 Å². The molecule has 96 valence electrons. The first-order valence-electron chi connectivity index (χ1n) is 5.99. The van der Waals surface area contributed by atoms with E-state index >= 15 is 0 Å². The molecule has 0 unspecified atom stereocenters. The van der Waals surface area contributed by atoms with Gasteiger partial charge in [-0.15, -0.1) is 0 Å². The molecule has 3 rings (SSSR count). The summed E-state index contributed by atoms with van der Waals surface area (Å²) in [6.07, 6.45) is 0. The minimum absolute atomic E-state index is 0.515. The van der Waals surface area contributed by atoms with E-state index in [4.69, 9.17) is 14.9 Å². The van der Waals surface area contributed by atoms with E-state index in [1.807, 2.05) is 37.3 Å². The fraction of sp³-hybridized carbons (Fsp3) is 0.133. The Balaban J connectivity index is 2.21. The number of hydrogen-bond acceptors (Lipinski definition) is 4. The molecule has 2 aromatic carbocycles. The monoisotopic (exact) mass is 254 g/mol. The Morgan fingerprint density at radius 2 is 2.05 bits per heavy atom. The Morgan fingerprint density at radius 1 is 1.21 bits per heavy atom. The number of aryl methyl sites for hydroxylation is 1. The van der Waals surface area contributed by atoms with Crippen LogP contribution in [0.1, 0.15) is 5.56 Å². The molecule has 0 aliphatic carbocycles. The molecule has 0 radical (unpaired) electrons. The standard InChI is InChI=1S/C15H14N2O2/c1-9-4-3-5-13-14(9)17-15(19-13)11-8-10(18-2)6-7-12(11)16/h3-8H,16H2,1-2H3. The Morgan fingerprint density at radius 3 is 2.79 bits per heavy atom. The van der Waals surface area contributed by atoms with Gasteiger partial charge < -0.3 is 14.9 Å². The van der Waals surface area contributed by atoms with Crippen molar-refractivity contribution in [3.63, 3.8) is 0 Å². The largest absolute Gasteiger partial charge is 0.497 e. The van der Waals surface area contributed by atoms with Gasteiger partial charge in [-0.25, -0.2) is 4.98 Å².